The molecule has 20 heavy (non-hydrogen) atoms. The lowest BCUT2D eigenvalue weighted by molar-refractivity contribution is 0.0890. The van der Waals surface area contributed by atoms with E-state index in [-0.39, 0.29) is 106 Å². The summed E-state index contributed by atoms with van der Waals surface area (Å²) in [5, 5.41) is 2.04. The molecule has 3 heteroatoms. The number of halogens is 1. The van der Waals surface area contributed by atoms with Crippen LogP contribution in [0, 0.1) is 12.8 Å². The maximum atomic E-state index is 12.8. The van der Waals surface area contributed by atoms with Crippen molar-refractivity contribution in [2.24, 2.45) is 5.92 Å². The van der Waals surface area contributed by atoms with E-state index in [9.17, 15) is 4.79 Å². The number of benzene rings is 1. The third-order valence-electron chi connectivity index (χ3n) is 3.71. The average Bonchev–Trinajstić information content (AvgIpc) is 2.41. The fourth-order valence-corrected chi connectivity index (χ4v) is 2.08. The monoisotopic (exact) mass is 421 g/mol. The minimum atomic E-state index is -0.473. The van der Waals surface area contributed by atoms with E-state index in [1.807, 2.05) is 47.6 Å². The minimum Gasteiger partial charge on any atom is -0.302 e. The third-order valence-corrected chi connectivity index (χ3v) is 4.12. The summed E-state index contributed by atoms with van der Waals surface area (Å²) in [7, 11) is 0. The van der Waals surface area contributed by atoms with Crippen molar-refractivity contribution >= 4 is 17.4 Å². The first kappa shape index (κ1) is 15.5. The van der Waals surface area contributed by atoms with Gasteiger partial charge in [-0.1, -0.05) is 44.5 Å². The standard InChI is InChI=1S/C17H26ClNO.62H2/c1-7-17(5,6)19-15(11(2)3)16(20)13-9-8-12(4)14(18)10-13;;;;;;;;;;;;;;;;;;;;;;;;;;;;;;;;;;;;;;;;;;;;;;;;;;;;;;;;;;;;;;/h8-11,15,19H,7H2,1-6H3;62*1H/i/hD. The Morgan fingerprint density at radius 1 is 1.50 bits per heavy atom. The zero-order valence-corrected chi connectivity index (χ0v) is 14.1. The van der Waals surface area contributed by atoms with Crippen molar-refractivity contribution in [1.82, 2.24) is 5.31 Å². The zero-order valence-electron chi connectivity index (χ0n) is 14.3. The first-order chi connectivity index (χ1) is 9.61. The number of Topliss-reactive ketones (excluding diaryl/α,β-unsaturated/α-hetero) is 1. The fourth-order valence-electron chi connectivity index (χ4n) is 1.90. The van der Waals surface area contributed by atoms with Crippen LogP contribution < -0.4 is 5.31 Å². The van der Waals surface area contributed by atoms with Crippen LogP contribution in [0.5, 0.6) is 0 Å². The van der Waals surface area contributed by atoms with Crippen LogP contribution in [0.2, 0.25) is 6.43 Å². The Bertz CT molecular complexity index is 574. The summed E-state index contributed by atoms with van der Waals surface area (Å²) >= 11 is 6.13. The van der Waals surface area contributed by atoms with Gasteiger partial charge < -0.3 is 5.31 Å². The summed E-state index contributed by atoms with van der Waals surface area (Å²) < 4.78 is 8.42. The molecule has 0 aromatic heterocycles. The molecular formula is C17H150ClNO. The quantitative estimate of drug-likeness (QED) is 0.462. The molecule has 0 amide bonds. The predicted molar refractivity (Wildman–Crippen MR) is 218 cm³/mol. The first-order valence-corrected chi connectivity index (χ1v) is 7.58. The Morgan fingerprint density at radius 3 is 2.55 bits per heavy atom. The van der Waals surface area contributed by atoms with E-state index in [1.165, 1.54) is 5.31 Å². The van der Waals surface area contributed by atoms with Gasteiger partial charge in [0.05, 0.1) is 6.04 Å². The molecule has 1 unspecified atom stereocenters. The van der Waals surface area contributed by atoms with E-state index in [1.54, 1.807) is 12.1 Å². The zero-order chi connectivity index (χ0) is 16.4. The highest BCUT2D eigenvalue weighted by Gasteiger charge is 2.28. The van der Waals surface area contributed by atoms with Crippen molar-refractivity contribution < 1.29 is 94.7 Å². The number of hydrogen-bond donors (Lipinski definition) is 1. The second-order valence-electron chi connectivity index (χ2n) is 6.31. The second kappa shape index (κ2) is 6.73. The fraction of sp³-hybridized carbons (Fsp3) is 0.588. The molecule has 0 radical (unpaired) electrons. The lowest BCUT2D eigenvalue weighted by atomic mass is 9.90. The minimum absolute atomic E-state index is 0. The molecule has 1 aromatic rings. The van der Waals surface area contributed by atoms with Crippen LogP contribution in [-0.2, 0) is 0 Å². The van der Waals surface area contributed by atoms with E-state index in [0.29, 0.717) is 10.6 Å². The first-order valence-electron chi connectivity index (χ1n) is 7.65. The van der Waals surface area contributed by atoms with E-state index >= 15 is 0 Å². The van der Waals surface area contributed by atoms with Crippen LogP contribution in [0.25, 0.3) is 0 Å². The molecule has 1 aromatic carbocycles. The van der Waals surface area contributed by atoms with Crippen LogP contribution in [0.1, 0.15) is 145 Å². The summed E-state index contributed by atoms with van der Waals surface area (Å²) in [4.78, 5) is 12.8. The van der Waals surface area contributed by atoms with Crippen LogP contribution in [-0.4, -0.2) is 17.4 Å². The summed E-state index contributed by atoms with van der Waals surface area (Å²) in [6, 6.07) is 4.89. The molecule has 0 heterocycles. The van der Waals surface area contributed by atoms with Crippen molar-refractivity contribution in [2.45, 2.75) is 59.5 Å². The highest BCUT2D eigenvalue weighted by Crippen LogP contribution is 2.21. The molecule has 0 spiro atoms. The number of ketones is 1. The Hall–Kier alpha value is -0.860. The molecule has 0 aliphatic rings. The van der Waals surface area contributed by atoms with Gasteiger partial charge in [0, 0.05) is 105 Å². The average molecular weight is 422 g/mol. The summed E-state index contributed by atoms with van der Waals surface area (Å²) in [5.74, 6) is 0.0179. The predicted octanol–water partition coefficient (Wildman–Crippen LogP) is 19.9. The number of rotatable bonds is 6. The van der Waals surface area contributed by atoms with Gasteiger partial charge in [-0.3, -0.25) is 4.79 Å². The van der Waals surface area contributed by atoms with Gasteiger partial charge >= 0.3 is 0 Å². The molecule has 236 valence electrons. The molecule has 0 saturated carbocycles. The van der Waals surface area contributed by atoms with E-state index in [4.69, 9.17) is 13.0 Å². The van der Waals surface area contributed by atoms with Gasteiger partial charge in [0.1, 0.15) is 1.41 Å². The van der Waals surface area contributed by atoms with Gasteiger partial charge in [-0.25, -0.2) is 0 Å². The molecule has 0 aliphatic carbocycles. The Balaban J connectivity index is -0.00000000119. The smallest absolute Gasteiger partial charge is 0.180 e. The molecule has 0 aliphatic heterocycles. The third kappa shape index (κ3) is 4.32. The number of hydrogen-bond acceptors (Lipinski definition) is 2. The van der Waals surface area contributed by atoms with Crippen molar-refractivity contribution in [3.05, 3.63) is 34.3 Å². The number of carbonyl (C=O) groups excluding carboxylic acids is 1. The molecule has 1 rings (SSSR count). The van der Waals surface area contributed by atoms with Gasteiger partial charge in [-0.15, -0.1) is 0 Å². The molecule has 0 fully saturated rings. The van der Waals surface area contributed by atoms with Gasteiger partial charge in [-0.05, 0) is 44.7 Å². The van der Waals surface area contributed by atoms with E-state index < -0.39 is 6.04 Å². The molecule has 1 atom stereocenters. The van der Waals surface area contributed by atoms with Crippen LogP contribution in [0.4, 0.5) is 0 Å². The Kier molecular flexibility index (Phi) is 5.22. The van der Waals surface area contributed by atoms with Crippen LogP contribution in [0.15, 0.2) is 18.2 Å². The van der Waals surface area contributed by atoms with E-state index in [0.717, 1.165) is 12.0 Å². The Morgan fingerprint density at radius 2 is 2.10 bits per heavy atom. The molecule has 2 nitrogen and oxygen atoms in total. The summed E-state index contributed by atoms with van der Waals surface area (Å²) in [5.41, 5.74) is 1.18. The number of carbonyl (C=O) groups is 1. The summed E-state index contributed by atoms with van der Waals surface area (Å²) in [6.07, 6.45) is 0.807. The molecule has 1 N–H and O–H groups in total. The highest BCUT2D eigenvalue weighted by atomic mass is 35.5. The van der Waals surface area contributed by atoms with Crippen molar-refractivity contribution in [3.8, 4) is 0 Å². The van der Waals surface area contributed by atoms with Gasteiger partial charge in [0.2, 0.25) is 0 Å². The molecule has 0 saturated heterocycles. The lowest BCUT2D eigenvalue weighted by Crippen LogP contribution is -2.51. The van der Waals surface area contributed by atoms with Gasteiger partial charge in [0.25, 0.3) is 0 Å². The topological polar surface area (TPSA) is 29.1 Å². The lowest BCUT2D eigenvalue weighted by Gasteiger charge is -2.32. The van der Waals surface area contributed by atoms with Crippen molar-refractivity contribution in [1.29, 1.82) is 0 Å². The molecule has 0 bridgehead atoms. The van der Waals surface area contributed by atoms with Crippen molar-refractivity contribution in [2.75, 3.05) is 0 Å². The number of aryl methyl sites for hydroxylation is 1. The van der Waals surface area contributed by atoms with Crippen LogP contribution >= 0.6 is 11.6 Å². The maximum absolute atomic E-state index is 12.8. The van der Waals surface area contributed by atoms with Gasteiger partial charge in [-0.2, -0.15) is 0 Å². The van der Waals surface area contributed by atoms with Crippen molar-refractivity contribution in [3.63, 3.8) is 0 Å². The number of nitrogens with one attached hydrogen (secondary N) is 1. The summed E-state index contributed by atoms with van der Waals surface area (Å²) in [6.45, 7) is 11.9. The van der Waals surface area contributed by atoms with Gasteiger partial charge in [0.15, 0.2) is 5.78 Å². The second-order valence-corrected chi connectivity index (χ2v) is 6.72. The highest BCUT2D eigenvalue weighted by molar-refractivity contribution is 6.31. The largest absolute Gasteiger partial charge is 0.302 e. The molecular weight excluding hydrogens is 270 g/mol. The Labute approximate surface area is 221 Å². The maximum Gasteiger partial charge on any atom is 0.180 e. The van der Waals surface area contributed by atoms with Crippen LogP contribution in [0.3, 0.4) is 0 Å². The SMILES string of the molecule is [2H]N(C(C(=O)c1ccc(C)c(Cl)c1)C(C)C)C(C)(C)CC.[HH].[HH].[HH].[HH].[HH].[HH].[HH].[HH].[HH].[HH].[HH].[HH].[HH].[HH].[HH].[HH].[HH].[HH].[HH].[HH].[HH].[HH].[HH].[HH].[HH].[HH].[HH].[HH].[HH].[HH].[HH].[HH].[HH].[HH].[HH].[HH].[HH].[HH].[HH].[HH].[HH].[HH].[HH].[HH].[HH].[HH].[HH].[HH].[HH].[HH].[HH].[HH].[HH].[HH].[HH].[HH].[HH].[HH].[HH].[HH].[HH].[HH]. The normalized spacial score (nSPS) is 14.6. The van der Waals surface area contributed by atoms with E-state index in [2.05, 4.69) is 0 Å².